The molecular formula is C20H25NO3. The molecule has 0 unspecified atom stereocenters. The van der Waals surface area contributed by atoms with Crippen molar-refractivity contribution in [2.24, 2.45) is 0 Å². The second-order valence-corrected chi connectivity index (χ2v) is 5.55. The molecule has 4 nitrogen and oxygen atoms in total. The summed E-state index contributed by atoms with van der Waals surface area (Å²) in [6, 6.07) is 14.6. The Morgan fingerprint density at radius 1 is 0.833 bits per heavy atom. The van der Waals surface area contributed by atoms with E-state index in [4.69, 9.17) is 9.47 Å². The zero-order valence-electron chi connectivity index (χ0n) is 14.4. The van der Waals surface area contributed by atoms with Crippen LogP contribution in [0, 0.1) is 0 Å². The largest absolute Gasteiger partial charge is 0.494 e. The van der Waals surface area contributed by atoms with E-state index in [0.717, 1.165) is 36.4 Å². The first-order valence-corrected chi connectivity index (χ1v) is 8.50. The summed E-state index contributed by atoms with van der Waals surface area (Å²) in [6.45, 7) is 5.58. The Morgan fingerprint density at radius 3 is 2.00 bits per heavy atom. The molecule has 0 aliphatic carbocycles. The molecule has 0 aliphatic heterocycles. The van der Waals surface area contributed by atoms with Gasteiger partial charge in [-0.1, -0.05) is 20.3 Å². The smallest absolute Gasteiger partial charge is 0.255 e. The van der Waals surface area contributed by atoms with Gasteiger partial charge in [0.2, 0.25) is 0 Å². The Balaban J connectivity index is 1.89. The fourth-order valence-corrected chi connectivity index (χ4v) is 2.09. The molecule has 0 saturated heterocycles. The molecule has 1 amide bonds. The Morgan fingerprint density at radius 2 is 1.42 bits per heavy atom. The van der Waals surface area contributed by atoms with Crippen LogP contribution in [0.2, 0.25) is 0 Å². The Hall–Kier alpha value is -2.49. The van der Waals surface area contributed by atoms with Gasteiger partial charge in [0.15, 0.2) is 0 Å². The zero-order valence-corrected chi connectivity index (χ0v) is 14.4. The van der Waals surface area contributed by atoms with E-state index in [1.807, 2.05) is 36.4 Å². The standard InChI is InChI=1S/C20H25NO3/c1-3-5-15-24-18-10-6-16(7-11-18)20(22)21-17-8-12-19(13-9-17)23-14-4-2/h6-13H,3-5,14-15H2,1-2H3,(H,21,22). The summed E-state index contributed by atoms with van der Waals surface area (Å²) in [5.41, 5.74) is 1.34. The summed E-state index contributed by atoms with van der Waals surface area (Å²) in [5, 5.41) is 2.88. The van der Waals surface area contributed by atoms with Crippen LogP contribution in [0.1, 0.15) is 43.5 Å². The van der Waals surface area contributed by atoms with Gasteiger partial charge in [-0.3, -0.25) is 4.79 Å². The van der Waals surface area contributed by atoms with Crippen LogP contribution in [0.3, 0.4) is 0 Å². The fourth-order valence-electron chi connectivity index (χ4n) is 2.09. The first-order chi connectivity index (χ1) is 11.7. The number of carbonyl (C=O) groups excluding carboxylic acids is 1. The van der Waals surface area contributed by atoms with E-state index in [9.17, 15) is 4.79 Å². The molecular weight excluding hydrogens is 302 g/mol. The van der Waals surface area contributed by atoms with Crippen molar-refractivity contribution in [3.05, 3.63) is 54.1 Å². The highest BCUT2D eigenvalue weighted by molar-refractivity contribution is 6.04. The van der Waals surface area contributed by atoms with Crippen LogP contribution in [0.4, 0.5) is 5.69 Å². The predicted octanol–water partition coefficient (Wildman–Crippen LogP) is 4.91. The first-order valence-electron chi connectivity index (χ1n) is 8.50. The summed E-state index contributed by atoms with van der Waals surface area (Å²) in [5.74, 6) is 1.46. The highest BCUT2D eigenvalue weighted by Crippen LogP contribution is 2.18. The normalized spacial score (nSPS) is 10.2. The summed E-state index contributed by atoms with van der Waals surface area (Å²) >= 11 is 0. The number of carbonyl (C=O) groups is 1. The zero-order chi connectivity index (χ0) is 17.2. The molecule has 2 aromatic rings. The molecule has 1 N–H and O–H groups in total. The van der Waals surface area contributed by atoms with Crippen LogP contribution < -0.4 is 14.8 Å². The molecule has 0 bridgehead atoms. The van der Waals surface area contributed by atoms with Gasteiger partial charge >= 0.3 is 0 Å². The summed E-state index contributed by atoms with van der Waals surface area (Å²) in [4.78, 5) is 12.3. The molecule has 0 fully saturated rings. The topological polar surface area (TPSA) is 47.6 Å². The third-order valence-electron chi connectivity index (χ3n) is 3.47. The van der Waals surface area contributed by atoms with Gasteiger partial charge < -0.3 is 14.8 Å². The van der Waals surface area contributed by atoms with Gasteiger partial charge in [-0.15, -0.1) is 0 Å². The van der Waals surface area contributed by atoms with Crippen LogP contribution in [0.25, 0.3) is 0 Å². The first kappa shape index (κ1) is 17.9. The van der Waals surface area contributed by atoms with Crippen LogP contribution in [-0.4, -0.2) is 19.1 Å². The molecule has 0 saturated carbocycles. The van der Waals surface area contributed by atoms with Crippen molar-refractivity contribution in [2.75, 3.05) is 18.5 Å². The lowest BCUT2D eigenvalue weighted by atomic mass is 10.2. The molecule has 4 heteroatoms. The van der Waals surface area contributed by atoms with Crippen molar-refractivity contribution < 1.29 is 14.3 Å². The van der Waals surface area contributed by atoms with Gasteiger partial charge in [-0.05, 0) is 61.4 Å². The number of amides is 1. The second kappa shape index (κ2) is 9.60. The third-order valence-corrected chi connectivity index (χ3v) is 3.47. The number of anilines is 1. The van der Waals surface area contributed by atoms with E-state index >= 15 is 0 Å². The summed E-state index contributed by atoms with van der Waals surface area (Å²) in [7, 11) is 0. The van der Waals surface area contributed by atoms with E-state index in [0.29, 0.717) is 18.8 Å². The molecule has 24 heavy (non-hydrogen) atoms. The molecule has 128 valence electrons. The fraction of sp³-hybridized carbons (Fsp3) is 0.350. The summed E-state index contributed by atoms with van der Waals surface area (Å²) < 4.78 is 11.1. The van der Waals surface area contributed by atoms with Gasteiger partial charge in [0.1, 0.15) is 11.5 Å². The molecule has 2 rings (SSSR count). The SMILES string of the molecule is CCCCOc1ccc(C(=O)Nc2ccc(OCCC)cc2)cc1. The lowest BCUT2D eigenvalue weighted by molar-refractivity contribution is 0.102. The van der Waals surface area contributed by atoms with Crippen molar-refractivity contribution in [3.8, 4) is 11.5 Å². The second-order valence-electron chi connectivity index (χ2n) is 5.55. The number of rotatable bonds is 9. The quantitative estimate of drug-likeness (QED) is 0.666. The maximum absolute atomic E-state index is 12.3. The van der Waals surface area contributed by atoms with Gasteiger partial charge in [-0.25, -0.2) is 0 Å². The molecule has 0 aromatic heterocycles. The van der Waals surface area contributed by atoms with E-state index in [2.05, 4.69) is 19.2 Å². The van der Waals surface area contributed by atoms with Crippen LogP contribution in [0.5, 0.6) is 11.5 Å². The van der Waals surface area contributed by atoms with Gasteiger partial charge in [-0.2, -0.15) is 0 Å². The van der Waals surface area contributed by atoms with Crippen LogP contribution in [0.15, 0.2) is 48.5 Å². The highest BCUT2D eigenvalue weighted by atomic mass is 16.5. The third kappa shape index (κ3) is 5.61. The Labute approximate surface area is 143 Å². The van der Waals surface area contributed by atoms with Gasteiger partial charge in [0.25, 0.3) is 5.91 Å². The van der Waals surface area contributed by atoms with Crippen molar-refractivity contribution in [3.63, 3.8) is 0 Å². The Bertz CT molecular complexity index is 620. The minimum absolute atomic E-state index is 0.141. The van der Waals surface area contributed by atoms with Crippen LogP contribution in [-0.2, 0) is 0 Å². The minimum Gasteiger partial charge on any atom is -0.494 e. The molecule has 0 spiro atoms. The molecule has 0 heterocycles. The van der Waals surface area contributed by atoms with Crippen molar-refractivity contribution in [1.29, 1.82) is 0 Å². The number of benzene rings is 2. The van der Waals surface area contributed by atoms with Crippen molar-refractivity contribution in [1.82, 2.24) is 0 Å². The maximum atomic E-state index is 12.3. The number of nitrogens with one attached hydrogen (secondary N) is 1. The van der Waals surface area contributed by atoms with E-state index < -0.39 is 0 Å². The lowest BCUT2D eigenvalue weighted by Gasteiger charge is -2.09. The average molecular weight is 327 g/mol. The highest BCUT2D eigenvalue weighted by Gasteiger charge is 2.06. The van der Waals surface area contributed by atoms with Crippen LogP contribution >= 0.6 is 0 Å². The molecule has 2 aromatic carbocycles. The van der Waals surface area contributed by atoms with Crippen molar-refractivity contribution >= 4 is 11.6 Å². The number of ether oxygens (including phenoxy) is 2. The molecule has 0 atom stereocenters. The number of hydrogen-bond donors (Lipinski definition) is 1. The maximum Gasteiger partial charge on any atom is 0.255 e. The minimum atomic E-state index is -0.141. The van der Waals surface area contributed by atoms with E-state index in [1.54, 1.807) is 12.1 Å². The summed E-state index contributed by atoms with van der Waals surface area (Å²) in [6.07, 6.45) is 3.10. The number of hydrogen-bond acceptors (Lipinski definition) is 3. The van der Waals surface area contributed by atoms with Crippen molar-refractivity contribution in [2.45, 2.75) is 33.1 Å². The van der Waals surface area contributed by atoms with E-state index in [1.165, 1.54) is 0 Å². The van der Waals surface area contributed by atoms with Gasteiger partial charge in [0, 0.05) is 11.3 Å². The predicted molar refractivity (Wildman–Crippen MR) is 97.0 cm³/mol. The lowest BCUT2D eigenvalue weighted by Crippen LogP contribution is -2.11. The molecule has 0 radical (unpaired) electrons. The monoisotopic (exact) mass is 327 g/mol. The van der Waals surface area contributed by atoms with Gasteiger partial charge in [0.05, 0.1) is 13.2 Å². The molecule has 0 aliphatic rings. The average Bonchev–Trinajstić information content (AvgIpc) is 2.62. The Kier molecular flexibility index (Phi) is 7.15. The number of unbranched alkanes of at least 4 members (excludes halogenated alkanes) is 1. The van der Waals surface area contributed by atoms with E-state index in [-0.39, 0.29) is 5.91 Å².